The van der Waals surface area contributed by atoms with Gasteiger partial charge in [0.15, 0.2) is 0 Å². The Morgan fingerprint density at radius 3 is 2.77 bits per heavy atom. The third-order valence-electron chi connectivity index (χ3n) is 1.64. The molecule has 0 amide bonds. The highest BCUT2D eigenvalue weighted by Crippen LogP contribution is 2.13. The van der Waals surface area contributed by atoms with Crippen LogP contribution < -0.4 is 0 Å². The molecule has 0 saturated carbocycles. The van der Waals surface area contributed by atoms with Crippen LogP contribution in [0.4, 0.5) is 4.39 Å². The number of hydrogen-bond donors (Lipinski definition) is 1. The Hall–Kier alpha value is -0.860. The molecule has 0 atom stereocenters. The van der Waals surface area contributed by atoms with Gasteiger partial charge >= 0.3 is 0 Å². The zero-order chi connectivity index (χ0) is 9.68. The van der Waals surface area contributed by atoms with Gasteiger partial charge in [0.25, 0.3) is 0 Å². The fraction of sp³-hybridized carbons (Fsp3) is 0.200. The normalized spacial score (nSPS) is 11.0. The van der Waals surface area contributed by atoms with Crippen LogP contribution in [0.1, 0.15) is 11.1 Å². The van der Waals surface area contributed by atoms with E-state index in [1.807, 2.05) is 0 Å². The first-order chi connectivity index (χ1) is 6.27. The van der Waals surface area contributed by atoms with E-state index >= 15 is 0 Å². The maximum Gasteiger partial charge on any atom is 0.128 e. The van der Waals surface area contributed by atoms with E-state index in [1.165, 1.54) is 6.07 Å². The number of benzene rings is 1. The lowest BCUT2D eigenvalue weighted by Gasteiger charge is -1.99. The number of alkyl halides is 1. The van der Waals surface area contributed by atoms with Gasteiger partial charge in [-0.3, -0.25) is 0 Å². The Balaban J connectivity index is 2.89. The molecule has 0 spiro atoms. The first-order valence-electron chi connectivity index (χ1n) is 3.89. The Labute approximate surface area is 81.5 Å². The second-order valence-corrected chi connectivity index (χ2v) is 2.84. The van der Waals surface area contributed by atoms with Gasteiger partial charge in [-0.1, -0.05) is 24.3 Å². The highest BCUT2D eigenvalue weighted by molar-refractivity contribution is 6.17. The van der Waals surface area contributed by atoms with Crippen molar-refractivity contribution in [2.75, 3.05) is 6.61 Å². The summed E-state index contributed by atoms with van der Waals surface area (Å²) < 4.78 is 13.1. The van der Waals surface area contributed by atoms with Crippen molar-refractivity contribution in [3.8, 4) is 0 Å². The van der Waals surface area contributed by atoms with Gasteiger partial charge in [-0.15, -0.1) is 11.6 Å². The lowest BCUT2D eigenvalue weighted by atomic mass is 10.1. The molecule has 0 unspecified atom stereocenters. The van der Waals surface area contributed by atoms with E-state index in [4.69, 9.17) is 16.7 Å². The zero-order valence-corrected chi connectivity index (χ0v) is 7.76. The van der Waals surface area contributed by atoms with E-state index in [-0.39, 0.29) is 18.3 Å². The van der Waals surface area contributed by atoms with Crippen LogP contribution in [-0.4, -0.2) is 11.7 Å². The summed E-state index contributed by atoms with van der Waals surface area (Å²) in [4.78, 5) is 0. The highest BCUT2D eigenvalue weighted by atomic mass is 35.5. The lowest BCUT2D eigenvalue weighted by molar-refractivity contribution is 0.343. The van der Waals surface area contributed by atoms with Crippen LogP contribution in [0.2, 0.25) is 0 Å². The van der Waals surface area contributed by atoms with E-state index < -0.39 is 0 Å². The van der Waals surface area contributed by atoms with Crippen molar-refractivity contribution in [2.24, 2.45) is 0 Å². The Bertz CT molecular complexity index is 310. The summed E-state index contributed by atoms with van der Waals surface area (Å²) in [5.41, 5.74) is 1.21. The average molecular weight is 201 g/mol. The fourth-order valence-electron chi connectivity index (χ4n) is 0.964. The largest absolute Gasteiger partial charge is 0.392 e. The van der Waals surface area contributed by atoms with E-state index in [9.17, 15) is 4.39 Å². The molecule has 1 aromatic rings. The van der Waals surface area contributed by atoms with Crippen molar-refractivity contribution in [3.63, 3.8) is 0 Å². The van der Waals surface area contributed by atoms with Gasteiger partial charge in [-0.25, -0.2) is 4.39 Å². The minimum Gasteiger partial charge on any atom is -0.392 e. The van der Waals surface area contributed by atoms with Gasteiger partial charge in [0.05, 0.1) is 12.5 Å². The van der Waals surface area contributed by atoms with Gasteiger partial charge in [-0.05, 0) is 11.6 Å². The van der Waals surface area contributed by atoms with Gasteiger partial charge in [0.2, 0.25) is 0 Å². The number of halogens is 2. The van der Waals surface area contributed by atoms with Gasteiger partial charge in [0, 0.05) is 5.56 Å². The lowest BCUT2D eigenvalue weighted by Crippen LogP contribution is -1.86. The predicted octanol–water partition coefficient (Wildman–Crippen LogP) is 2.57. The van der Waals surface area contributed by atoms with Crippen molar-refractivity contribution >= 4 is 17.7 Å². The van der Waals surface area contributed by atoms with E-state index in [1.54, 1.807) is 24.3 Å². The smallest absolute Gasteiger partial charge is 0.128 e. The van der Waals surface area contributed by atoms with Gasteiger partial charge in [-0.2, -0.15) is 0 Å². The van der Waals surface area contributed by atoms with Crippen molar-refractivity contribution in [1.29, 1.82) is 0 Å². The molecule has 1 N–H and O–H groups in total. The number of aliphatic hydroxyl groups excluding tert-OH is 1. The first-order valence-corrected chi connectivity index (χ1v) is 4.43. The predicted molar refractivity (Wildman–Crippen MR) is 52.1 cm³/mol. The molecule has 1 aromatic carbocycles. The molecular weight excluding hydrogens is 191 g/mol. The third kappa shape index (κ3) is 2.83. The van der Waals surface area contributed by atoms with E-state index in [0.717, 1.165) is 5.56 Å². The minimum absolute atomic E-state index is 0.0428. The summed E-state index contributed by atoms with van der Waals surface area (Å²) in [7, 11) is 0. The van der Waals surface area contributed by atoms with Crippen molar-refractivity contribution < 1.29 is 9.50 Å². The van der Waals surface area contributed by atoms with Crippen LogP contribution in [0.25, 0.3) is 6.08 Å². The number of hydrogen-bond acceptors (Lipinski definition) is 1. The summed E-state index contributed by atoms with van der Waals surface area (Å²) in [6.45, 7) is -0.0428. The molecule has 3 heteroatoms. The second-order valence-electron chi connectivity index (χ2n) is 2.57. The van der Waals surface area contributed by atoms with Crippen LogP contribution in [0.5, 0.6) is 0 Å². The Kier molecular flexibility index (Phi) is 3.93. The molecule has 0 saturated heterocycles. The highest BCUT2D eigenvalue weighted by Gasteiger charge is 1.99. The maximum atomic E-state index is 13.1. The van der Waals surface area contributed by atoms with Crippen molar-refractivity contribution in [3.05, 3.63) is 41.2 Å². The summed E-state index contributed by atoms with van der Waals surface area (Å²) in [5.74, 6) is -0.134. The molecule has 0 aliphatic carbocycles. The zero-order valence-electron chi connectivity index (χ0n) is 7.00. The van der Waals surface area contributed by atoms with Crippen LogP contribution in [0.3, 0.4) is 0 Å². The molecule has 0 aliphatic heterocycles. The van der Waals surface area contributed by atoms with Gasteiger partial charge in [0.1, 0.15) is 5.82 Å². The molecule has 0 aromatic heterocycles. The van der Waals surface area contributed by atoms with Crippen LogP contribution in [0.15, 0.2) is 24.3 Å². The number of aliphatic hydroxyl groups is 1. The molecule has 1 nitrogen and oxygen atoms in total. The maximum absolute atomic E-state index is 13.1. The van der Waals surface area contributed by atoms with E-state index in [2.05, 4.69) is 0 Å². The Morgan fingerprint density at radius 2 is 2.23 bits per heavy atom. The van der Waals surface area contributed by atoms with Crippen LogP contribution in [0, 0.1) is 5.82 Å². The molecule has 0 bridgehead atoms. The summed E-state index contributed by atoms with van der Waals surface area (Å²) in [5, 5.41) is 8.50. The third-order valence-corrected chi connectivity index (χ3v) is 1.92. The molecule has 0 radical (unpaired) electrons. The topological polar surface area (TPSA) is 20.2 Å². The minimum atomic E-state index is -0.310. The van der Waals surface area contributed by atoms with Crippen LogP contribution >= 0.6 is 11.6 Å². The molecule has 1 rings (SSSR count). The molecule has 0 heterocycles. The quantitative estimate of drug-likeness (QED) is 0.744. The summed E-state index contributed by atoms with van der Waals surface area (Å²) >= 11 is 5.49. The summed E-state index contributed by atoms with van der Waals surface area (Å²) in [6.07, 6.45) is 3.20. The van der Waals surface area contributed by atoms with Crippen molar-refractivity contribution in [1.82, 2.24) is 0 Å². The Morgan fingerprint density at radius 1 is 1.46 bits per heavy atom. The summed E-state index contributed by atoms with van der Waals surface area (Å²) in [6, 6.07) is 4.79. The van der Waals surface area contributed by atoms with E-state index in [0.29, 0.717) is 5.56 Å². The first kappa shape index (κ1) is 10.2. The SMILES string of the molecule is OCC=Cc1ccc(CCl)c(F)c1. The molecule has 0 fully saturated rings. The standard InChI is InChI=1S/C10H10ClFO/c11-7-9-4-3-8(2-1-5-13)6-10(9)12/h1-4,6,13H,5,7H2. The number of rotatable bonds is 3. The molecular formula is C10H10ClFO. The van der Waals surface area contributed by atoms with Gasteiger partial charge < -0.3 is 5.11 Å². The average Bonchev–Trinajstić information content (AvgIpc) is 2.15. The monoisotopic (exact) mass is 200 g/mol. The molecule has 70 valence electrons. The molecule has 0 aliphatic rings. The second kappa shape index (κ2) is 5.00. The van der Waals surface area contributed by atoms with Crippen LogP contribution in [-0.2, 0) is 5.88 Å². The fourth-order valence-corrected chi connectivity index (χ4v) is 1.18. The molecule has 13 heavy (non-hydrogen) atoms. The van der Waals surface area contributed by atoms with Crippen molar-refractivity contribution in [2.45, 2.75) is 5.88 Å².